The molecule has 0 saturated heterocycles. The Labute approximate surface area is 224 Å². The molecule has 0 aromatic heterocycles. The molecule has 4 aromatic rings. The maximum absolute atomic E-state index is 13.7. The fourth-order valence-electron chi connectivity index (χ4n) is 4.84. The highest BCUT2D eigenvalue weighted by Gasteiger charge is 2.34. The molecule has 0 unspecified atom stereocenters. The second-order valence-corrected chi connectivity index (χ2v) is 9.27. The number of urea groups is 1. The molecular weight excluding hydrogens is 508 g/mol. The molecule has 2 heterocycles. The molecule has 38 heavy (non-hydrogen) atoms. The van der Waals surface area contributed by atoms with Crippen molar-refractivity contribution >= 4 is 63.2 Å². The van der Waals surface area contributed by atoms with Gasteiger partial charge in [-0.1, -0.05) is 24.3 Å². The van der Waals surface area contributed by atoms with Gasteiger partial charge in [-0.15, -0.1) is 12.4 Å². The number of halogens is 1. The molecule has 4 aromatic carbocycles. The van der Waals surface area contributed by atoms with E-state index in [-0.39, 0.29) is 37.6 Å². The van der Waals surface area contributed by atoms with E-state index in [1.54, 1.807) is 36.4 Å². The summed E-state index contributed by atoms with van der Waals surface area (Å²) in [6.45, 7) is 0.989. The highest BCUT2D eigenvalue weighted by Crippen LogP contribution is 2.38. The molecule has 6 rings (SSSR count). The number of carbonyl (C=O) groups is 3. The molecule has 9 nitrogen and oxygen atoms in total. The van der Waals surface area contributed by atoms with Crippen LogP contribution < -0.4 is 20.1 Å². The fraction of sp³-hybridized carbons (Fsp3) is 0.179. The third-order valence-electron chi connectivity index (χ3n) is 6.61. The summed E-state index contributed by atoms with van der Waals surface area (Å²) in [5, 5.41) is 8.50. The van der Waals surface area contributed by atoms with E-state index in [4.69, 9.17) is 9.47 Å². The Morgan fingerprint density at radius 2 is 1.71 bits per heavy atom. The summed E-state index contributed by atoms with van der Waals surface area (Å²) in [6.07, 6.45) is 0. The lowest BCUT2D eigenvalue weighted by atomic mass is 9.89. The number of hydrogen-bond acceptors (Lipinski definition) is 6. The third-order valence-corrected chi connectivity index (χ3v) is 6.61. The van der Waals surface area contributed by atoms with E-state index >= 15 is 0 Å². The quantitative estimate of drug-likeness (QED) is 0.279. The van der Waals surface area contributed by atoms with Crippen LogP contribution in [-0.2, 0) is 0 Å². The number of likely N-dealkylation sites (N-methyl/N-ethyl adjacent to an activating group) is 1. The van der Waals surface area contributed by atoms with Crippen molar-refractivity contribution in [3.63, 3.8) is 0 Å². The van der Waals surface area contributed by atoms with E-state index in [1.807, 2.05) is 43.3 Å². The van der Waals surface area contributed by atoms with Crippen LogP contribution in [0.2, 0.25) is 0 Å². The van der Waals surface area contributed by atoms with Crippen LogP contribution in [0.3, 0.4) is 0 Å². The van der Waals surface area contributed by atoms with Crippen molar-refractivity contribution in [3.8, 4) is 11.5 Å². The van der Waals surface area contributed by atoms with Crippen molar-refractivity contribution < 1.29 is 23.9 Å². The van der Waals surface area contributed by atoms with E-state index in [0.717, 1.165) is 5.39 Å². The zero-order valence-corrected chi connectivity index (χ0v) is 21.6. The molecule has 10 heteroatoms. The second kappa shape index (κ2) is 9.85. The first kappa shape index (κ1) is 25.3. The molecule has 0 saturated carbocycles. The van der Waals surface area contributed by atoms with Gasteiger partial charge in [0.1, 0.15) is 0 Å². The summed E-state index contributed by atoms with van der Waals surface area (Å²) >= 11 is 0. The lowest BCUT2D eigenvalue weighted by molar-refractivity contribution is 0.0602. The summed E-state index contributed by atoms with van der Waals surface area (Å²) in [5.41, 5.74) is 2.08. The van der Waals surface area contributed by atoms with Crippen LogP contribution in [0.1, 0.15) is 20.7 Å². The summed E-state index contributed by atoms with van der Waals surface area (Å²) < 4.78 is 10.7. The van der Waals surface area contributed by atoms with Gasteiger partial charge in [0, 0.05) is 41.2 Å². The fourth-order valence-corrected chi connectivity index (χ4v) is 4.84. The molecule has 0 aliphatic carbocycles. The third kappa shape index (κ3) is 4.25. The SMILES string of the molecule is CN(C)CCN1C(=O)c2cccc3cc4c(NC(=O)Nc5ccc6c(c5)OCO6)cccc4c(c23)C1=O.Cl. The van der Waals surface area contributed by atoms with Crippen LogP contribution in [0.25, 0.3) is 21.5 Å². The Morgan fingerprint density at radius 1 is 0.921 bits per heavy atom. The smallest absolute Gasteiger partial charge is 0.323 e. The van der Waals surface area contributed by atoms with Gasteiger partial charge >= 0.3 is 6.03 Å². The molecule has 194 valence electrons. The molecule has 2 N–H and O–H groups in total. The van der Waals surface area contributed by atoms with E-state index in [0.29, 0.717) is 56.7 Å². The Morgan fingerprint density at radius 3 is 2.53 bits per heavy atom. The van der Waals surface area contributed by atoms with Gasteiger partial charge in [0.05, 0.1) is 11.3 Å². The molecule has 0 atom stereocenters. The minimum Gasteiger partial charge on any atom is -0.454 e. The topological polar surface area (TPSA) is 100 Å². The molecule has 2 aliphatic heterocycles. The molecule has 4 amide bonds. The van der Waals surface area contributed by atoms with Crippen LogP contribution in [0.5, 0.6) is 11.5 Å². The van der Waals surface area contributed by atoms with Crippen LogP contribution in [0.4, 0.5) is 16.2 Å². The number of carbonyl (C=O) groups excluding carboxylic acids is 3. The minimum absolute atomic E-state index is 0. The monoisotopic (exact) mass is 532 g/mol. The van der Waals surface area contributed by atoms with Gasteiger partial charge < -0.3 is 25.0 Å². The van der Waals surface area contributed by atoms with Gasteiger partial charge in [0.15, 0.2) is 11.5 Å². The van der Waals surface area contributed by atoms with E-state index in [1.165, 1.54) is 4.90 Å². The Kier molecular flexibility index (Phi) is 6.56. The van der Waals surface area contributed by atoms with Crippen LogP contribution in [0, 0.1) is 0 Å². The largest absolute Gasteiger partial charge is 0.454 e. The van der Waals surface area contributed by atoms with E-state index < -0.39 is 6.03 Å². The van der Waals surface area contributed by atoms with E-state index in [9.17, 15) is 14.4 Å². The van der Waals surface area contributed by atoms with Crippen molar-refractivity contribution in [1.29, 1.82) is 0 Å². The van der Waals surface area contributed by atoms with Gasteiger partial charge in [-0.25, -0.2) is 4.79 Å². The van der Waals surface area contributed by atoms with Crippen molar-refractivity contribution in [2.24, 2.45) is 0 Å². The number of amides is 4. The maximum atomic E-state index is 13.7. The predicted molar refractivity (Wildman–Crippen MR) is 148 cm³/mol. The molecule has 0 fully saturated rings. The first-order chi connectivity index (χ1) is 17.9. The highest BCUT2D eigenvalue weighted by molar-refractivity contribution is 6.31. The van der Waals surface area contributed by atoms with E-state index in [2.05, 4.69) is 10.6 Å². The molecule has 0 bridgehead atoms. The number of anilines is 2. The zero-order valence-electron chi connectivity index (χ0n) is 20.7. The van der Waals surface area contributed by atoms with Crippen LogP contribution >= 0.6 is 12.4 Å². The number of imide groups is 1. The Bertz CT molecular complexity index is 1620. The summed E-state index contributed by atoms with van der Waals surface area (Å²) in [6, 6.07) is 17.5. The van der Waals surface area contributed by atoms with Crippen molar-refractivity contribution in [2.75, 3.05) is 44.6 Å². The number of nitrogens with one attached hydrogen (secondary N) is 2. The predicted octanol–water partition coefficient (Wildman–Crippen LogP) is 4.95. The minimum atomic E-state index is -0.442. The van der Waals surface area contributed by atoms with Crippen molar-refractivity contribution in [3.05, 3.63) is 71.8 Å². The molecule has 2 aliphatic rings. The van der Waals surface area contributed by atoms with Crippen LogP contribution in [-0.4, -0.2) is 61.6 Å². The summed E-state index contributed by atoms with van der Waals surface area (Å²) in [7, 11) is 3.80. The van der Waals surface area contributed by atoms with Gasteiger partial charge in [-0.3, -0.25) is 14.5 Å². The van der Waals surface area contributed by atoms with Gasteiger partial charge in [0.25, 0.3) is 11.8 Å². The normalized spacial score (nSPS) is 13.7. The Balaban J connectivity index is 0.00000294. The molecule has 0 radical (unpaired) electrons. The number of ether oxygens (including phenoxy) is 2. The number of benzene rings is 4. The first-order valence-corrected chi connectivity index (χ1v) is 11.9. The number of hydrogen-bond donors (Lipinski definition) is 2. The lowest BCUT2D eigenvalue weighted by Crippen LogP contribution is -2.43. The van der Waals surface area contributed by atoms with Crippen molar-refractivity contribution in [2.45, 2.75) is 0 Å². The number of fused-ring (bicyclic) bond motifs is 3. The Hall–Kier alpha value is -4.34. The lowest BCUT2D eigenvalue weighted by Gasteiger charge is -2.29. The summed E-state index contributed by atoms with van der Waals surface area (Å²) in [4.78, 5) is 43.0. The first-order valence-electron chi connectivity index (χ1n) is 11.9. The van der Waals surface area contributed by atoms with Crippen molar-refractivity contribution in [1.82, 2.24) is 9.80 Å². The molecule has 0 spiro atoms. The van der Waals surface area contributed by atoms with Gasteiger partial charge in [-0.2, -0.15) is 0 Å². The standard InChI is InChI=1S/C28H24N4O5.ClH/c1-31(2)11-12-32-26(33)19-7-3-5-16-13-20-18(25(24(16)19)27(32)34)6-4-8-21(20)30-28(35)29-17-9-10-22-23(14-17)37-15-36-22;/h3-10,13-14H,11-12,15H2,1-2H3,(H2,29,30,35);1H. The number of rotatable bonds is 5. The average Bonchev–Trinajstić information content (AvgIpc) is 3.34. The average molecular weight is 533 g/mol. The zero-order chi connectivity index (χ0) is 25.7. The number of nitrogens with zero attached hydrogens (tertiary/aromatic N) is 2. The van der Waals surface area contributed by atoms with Crippen LogP contribution in [0.15, 0.2) is 60.7 Å². The highest BCUT2D eigenvalue weighted by atomic mass is 35.5. The second-order valence-electron chi connectivity index (χ2n) is 9.27. The maximum Gasteiger partial charge on any atom is 0.323 e. The van der Waals surface area contributed by atoms with Gasteiger partial charge in [-0.05, 0) is 55.2 Å². The summed E-state index contributed by atoms with van der Waals surface area (Å²) in [5.74, 6) is 0.573. The molecular formula is C28H25ClN4O5. The van der Waals surface area contributed by atoms with Gasteiger partial charge in [0.2, 0.25) is 6.79 Å².